The molecule has 0 aliphatic heterocycles. The highest BCUT2D eigenvalue weighted by atomic mass is 16.4. The Kier molecular flexibility index (Phi) is 4.54. The maximum Gasteiger partial charge on any atom is 0.309 e. The highest BCUT2D eigenvalue weighted by Gasteiger charge is 2.33. The molecule has 3 heteroatoms. The van der Waals surface area contributed by atoms with E-state index in [1.54, 1.807) is 27.7 Å². The summed E-state index contributed by atoms with van der Waals surface area (Å²) >= 11 is 0. The van der Waals surface area contributed by atoms with Gasteiger partial charge in [0, 0.05) is 0 Å². The van der Waals surface area contributed by atoms with Crippen LogP contribution in [0, 0.1) is 5.41 Å². The molecule has 3 nitrogen and oxygen atoms in total. The van der Waals surface area contributed by atoms with Crippen molar-refractivity contribution in [1.82, 2.24) is 0 Å². The molecule has 2 N–H and O–H groups in total. The van der Waals surface area contributed by atoms with Gasteiger partial charge in [0.15, 0.2) is 0 Å². The topological polar surface area (TPSA) is 57.5 Å². The van der Waals surface area contributed by atoms with Gasteiger partial charge in [-0.1, -0.05) is 7.43 Å². The van der Waals surface area contributed by atoms with Gasteiger partial charge in [0.1, 0.15) is 0 Å². The number of aliphatic hydroxyl groups is 1. The first-order valence-corrected chi connectivity index (χ1v) is 3.61. The molecular weight excluding hydrogens is 156 g/mol. The Morgan fingerprint density at radius 2 is 1.58 bits per heavy atom. The molecule has 0 rings (SSSR count). The van der Waals surface area contributed by atoms with Crippen molar-refractivity contribution in [3.63, 3.8) is 0 Å². The van der Waals surface area contributed by atoms with Crippen LogP contribution in [0.4, 0.5) is 0 Å². The molecule has 0 amide bonds. The van der Waals surface area contributed by atoms with Gasteiger partial charge in [-0.2, -0.15) is 0 Å². The largest absolute Gasteiger partial charge is 0.481 e. The number of carboxylic acid groups (broad SMARTS) is 1. The Morgan fingerprint density at radius 3 is 1.67 bits per heavy atom. The second-order valence-electron chi connectivity index (χ2n) is 4.18. The SMILES string of the molecule is C.CC(C)(O)CC(C)(C)C(=O)O. The van der Waals surface area contributed by atoms with Crippen LogP contribution in [0.25, 0.3) is 0 Å². The molecule has 0 saturated carbocycles. The summed E-state index contributed by atoms with van der Waals surface area (Å²) in [4.78, 5) is 10.6. The van der Waals surface area contributed by atoms with Crippen molar-refractivity contribution in [3.05, 3.63) is 0 Å². The van der Waals surface area contributed by atoms with Crippen LogP contribution in [0.15, 0.2) is 0 Å². The van der Waals surface area contributed by atoms with Crippen molar-refractivity contribution in [2.75, 3.05) is 0 Å². The van der Waals surface area contributed by atoms with E-state index in [9.17, 15) is 9.90 Å². The van der Waals surface area contributed by atoms with Crippen molar-refractivity contribution in [3.8, 4) is 0 Å². The average Bonchev–Trinajstić information content (AvgIpc) is 1.56. The molecule has 0 aromatic carbocycles. The Morgan fingerprint density at radius 1 is 1.25 bits per heavy atom. The molecule has 0 heterocycles. The lowest BCUT2D eigenvalue weighted by Crippen LogP contribution is -2.33. The number of carboxylic acids is 1. The van der Waals surface area contributed by atoms with E-state index in [1.807, 2.05) is 0 Å². The number of hydrogen-bond donors (Lipinski definition) is 2. The molecule has 0 bridgehead atoms. The summed E-state index contributed by atoms with van der Waals surface area (Å²) in [5.41, 5.74) is -1.76. The molecule has 0 aromatic heterocycles. The number of carbonyl (C=O) groups is 1. The van der Waals surface area contributed by atoms with Crippen molar-refractivity contribution >= 4 is 5.97 Å². The highest BCUT2D eigenvalue weighted by Crippen LogP contribution is 2.27. The quantitative estimate of drug-likeness (QED) is 0.690. The second-order valence-corrected chi connectivity index (χ2v) is 4.18. The predicted molar refractivity (Wildman–Crippen MR) is 49.1 cm³/mol. The summed E-state index contributed by atoms with van der Waals surface area (Å²) in [5.74, 6) is -0.875. The van der Waals surface area contributed by atoms with E-state index in [4.69, 9.17) is 5.11 Å². The third kappa shape index (κ3) is 5.13. The first kappa shape index (κ1) is 14.0. The van der Waals surface area contributed by atoms with Crippen LogP contribution in [0.2, 0.25) is 0 Å². The molecule has 0 saturated heterocycles. The summed E-state index contributed by atoms with van der Waals surface area (Å²) in [6.07, 6.45) is 0.259. The lowest BCUT2D eigenvalue weighted by atomic mass is 9.82. The number of aliphatic carboxylic acids is 1. The zero-order valence-corrected chi connectivity index (χ0v) is 7.51. The van der Waals surface area contributed by atoms with Crippen LogP contribution in [-0.2, 0) is 4.79 Å². The maximum absolute atomic E-state index is 10.6. The third-order valence-corrected chi connectivity index (χ3v) is 1.45. The predicted octanol–water partition coefficient (Wildman–Crippen LogP) is 1.89. The van der Waals surface area contributed by atoms with E-state index in [0.29, 0.717) is 0 Å². The minimum Gasteiger partial charge on any atom is -0.481 e. The molecule has 12 heavy (non-hydrogen) atoms. The van der Waals surface area contributed by atoms with Crippen LogP contribution in [0.3, 0.4) is 0 Å². The summed E-state index contributed by atoms with van der Waals surface area (Å²) in [5, 5.41) is 18.0. The van der Waals surface area contributed by atoms with Crippen LogP contribution in [0.5, 0.6) is 0 Å². The zero-order valence-electron chi connectivity index (χ0n) is 7.51. The fourth-order valence-corrected chi connectivity index (χ4v) is 1.16. The highest BCUT2D eigenvalue weighted by molar-refractivity contribution is 5.73. The van der Waals surface area contributed by atoms with Gasteiger partial charge >= 0.3 is 5.97 Å². The van der Waals surface area contributed by atoms with Crippen molar-refractivity contribution < 1.29 is 15.0 Å². The molecule has 0 aliphatic carbocycles. The van der Waals surface area contributed by atoms with E-state index in [0.717, 1.165) is 0 Å². The van der Waals surface area contributed by atoms with Gasteiger partial charge in [-0.3, -0.25) is 4.79 Å². The zero-order chi connectivity index (χ0) is 9.28. The van der Waals surface area contributed by atoms with Crippen LogP contribution < -0.4 is 0 Å². The average molecular weight is 176 g/mol. The summed E-state index contributed by atoms with van der Waals surface area (Å²) in [6, 6.07) is 0. The van der Waals surface area contributed by atoms with Crippen LogP contribution in [-0.4, -0.2) is 21.8 Å². The van der Waals surface area contributed by atoms with E-state index < -0.39 is 17.0 Å². The minimum absolute atomic E-state index is 0. The van der Waals surface area contributed by atoms with Crippen molar-refractivity contribution in [2.24, 2.45) is 5.41 Å². The second kappa shape index (κ2) is 3.90. The first-order chi connectivity index (χ1) is 4.65. The molecule has 0 radical (unpaired) electrons. The van der Waals surface area contributed by atoms with E-state index in [1.165, 1.54) is 0 Å². The lowest BCUT2D eigenvalue weighted by molar-refractivity contribution is -0.150. The lowest BCUT2D eigenvalue weighted by Gasteiger charge is -2.27. The number of hydrogen-bond acceptors (Lipinski definition) is 2. The van der Waals surface area contributed by atoms with Gasteiger partial charge in [0.05, 0.1) is 11.0 Å². The van der Waals surface area contributed by atoms with Gasteiger partial charge in [0.25, 0.3) is 0 Å². The molecule has 0 unspecified atom stereocenters. The van der Waals surface area contributed by atoms with Crippen LogP contribution >= 0.6 is 0 Å². The van der Waals surface area contributed by atoms with E-state index in [-0.39, 0.29) is 13.8 Å². The summed E-state index contributed by atoms with van der Waals surface area (Å²) in [6.45, 7) is 6.43. The molecule has 74 valence electrons. The smallest absolute Gasteiger partial charge is 0.309 e. The van der Waals surface area contributed by atoms with Gasteiger partial charge in [-0.25, -0.2) is 0 Å². The molecule has 0 aliphatic rings. The summed E-state index contributed by atoms with van der Waals surface area (Å²) in [7, 11) is 0. The first-order valence-electron chi connectivity index (χ1n) is 3.61. The van der Waals surface area contributed by atoms with Gasteiger partial charge < -0.3 is 10.2 Å². The van der Waals surface area contributed by atoms with Gasteiger partial charge in [0.2, 0.25) is 0 Å². The minimum atomic E-state index is -0.915. The fraction of sp³-hybridized carbons (Fsp3) is 0.889. The van der Waals surface area contributed by atoms with Gasteiger partial charge in [-0.05, 0) is 34.1 Å². The van der Waals surface area contributed by atoms with E-state index in [2.05, 4.69) is 0 Å². The van der Waals surface area contributed by atoms with E-state index >= 15 is 0 Å². The Labute approximate surface area is 74.4 Å². The molecule has 0 atom stereocenters. The van der Waals surface area contributed by atoms with Crippen LogP contribution in [0.1, 0.15) is 41.5 Å². The number of rotatable bonds is 3. The molecule has 0 spiro atoms. The van der Waals surface area contributed by atoms with Crippen molar-refractivity contribution in [1.29, 1.82) is 0 Å². The molecule has 0 fully saturated rings. The summed E-state index contributed by atoms with van der Waals surface area (Å²) < 4.78 is 0. The normalized spacial score (nSPS) is 12.1. The Balaban J connectivity index is 0. The third-order valence-electron chi connectivity index (χ3n) is 1.45. The Bertz CT molecular complexity index is 154. The fourth-order valence-electron chi connectivity index (χ4n) is 1.16. The molecule has 0 aromatic rings. The standard InChI is InChI=1S/C8H16O3.CH4/c1-7(2,6(9)10)5-8(3,4)11;/h11H,5H2,1-4H3,(H,9,10);1H4. The van der Waals surface area contributed by atoms with Gasteiger partial charge in [-0.15, -0.1) is 0 Å². The monoisotopic (exact) mass is 176 g/mol. The maximum atomic E-state index is 10.6. The van der Waals surface area contributed by atoms with Crippen molar-refractivity contribution in [2.45, 2.75) is 47.1 Å². The molecular formula is C9H20O3. The Hall–Kier alpha value is -0.570.